The molecule has 2 heterocycles. The van der Waals surface area contributed by atoms with Gasteiger partial charge in [0.25, 0.3) is 5.56 Å². The number of ether oxygens (including phenoxy) is 1. The van der Waals surface area contributed by atoms with Crippen LogP contribution in [-0.2, 0) is 6.54 Å². The van der Waals surface area contributed by atoms with Crippen molar-refractivity contribution in [1.29, 1.82) is 0 Å². The number of nitrogens with one attached hydrogen (secondary N) is 1. The largest absolute Gasteiger partial charge is 0.481 e. The zero-order valence-corrected chi connectivity index (χ0v) is 11.0. The quantitative estimate of drug-likeness (QED) is 0.872. The average Bonchev–Trinajstić information content (AvgIpc) is 2.42. The summed E-state index contributed by atoms with van der Waals surface area (Å²) in [5.74, 6) is 0.523. The minimum absolute atomic E-state index is 0.164. The highest BCUT2D eigenvalue weighted by Crippen LogP contribution is 2.07. The molecule has 0 aliphatic carbocycles. The van der Waals surface area contributed by atoms with Crippen LogP contribution in [0.25, 0.3) is 0 Å². The van der Waals surface area contributed by atoms with Crippen molar-refractivity contribution in [2.45, 2.75) is 13.5 Å². The van der Waals surface area contributed by atoms with Gasteiger partial charge in [0.15, 0.2) is 0 Å². The molecule has 0 radical (unpaired) electrons. The molecule has 0 amide bonds. The first-order valence-corrected chi connectivity index (χ1v) is 6.04. The molecule has 2 aromatic heterocycles. The number of pyridine rings is 1. The molecule has 0 saturated carbocycles. The van der Waals surface area contributed by atoms with E-state index in [1.54, 1.807) is 19.4 Å². The molecule has 0 unspecified atom stereocenters. The van der Waals surface area contributed by atoms with Crippen LogP contribution >= 0.6 is 0 Å². The van der Waals surface area contributed by atoms with Crippen LogP contribution in [0, 0.1) is 0 Å². The normalized spacial score (nSPS) is 10.2. The Kier molecular flexibility index (Phi) is 4.12. The van der Waals surface area contributed by atoms with Gasteiger partial charge in [-0.3, -0.25) is 4.79 Å². The summed E-state index contributed by atoms with van der Waals surface area (Å²) in [6.45, 7) is 3.04. The summed E-state index contributed by atoms with van der Waals surface area (Å²) in [6.07, 6.45) is 1.63. The van der Waals surface area contributed by atoms with Gasteiger partial charge in [-0.2, -0.15) is 5.10 Å². The first-order chi connectivity index (χ1) is 9.22. The van der Waals surface area contributed by atoms with E-state index in [-0.39, 0.29) is 5.56 Å². The molecule has 0 aliphatic rings. The van der Waals surface area contributed by atoms with Crippen LogP contribution in [0.15, 0.2) is 35.3 Å². The molecule has 0 saturated heterocycles. The molecule has 2 aromatic rings. The molecule has 6 nitrogen and oxygen atoms in total. The van der Waals surface area contributed by atoms with Crippen LogP contribution in [0.3, 0.4) is 0 Å². The molecule has 0 atom stereocenters. The molecule has 0 fully saturated rings. The van der Waals surface area contributed by atoms with Gasteiger partial charge in [0.1, 0.15) is 0 Å². The summed E-state index contributed by atoms with van der Waals surface area (Å²) in [5, 5.41) is 7.15. The lowest BCUT2D eigenvalue weighted by atomic mass is 10.3. The van der Waals surface area contributed by atoms with Gasteiger partial charge in [-0.05, 0) is 13.0 Å². The number of nitrogens with zero attached hydrogens (tertiary/aromatic N) is 3. The Morgan fingerprint density at radius 1 is 1.42 bits per heavy atom. The average molecular weight is 260 g/mol. The van der Waals surface area contributed by atoms with Gasteiger partial charge in [0, 0.05) is 18.7 Å². The highest BCUT2D eigenvalue weighted by atomic mass is 16.5. The second-order valence-corrected chi connectivity index (χ2v) is 3.94. The zero-order valence-electron chi connectivity index (χ0n) is 11.0. The molecular weight excluding hydrogens is 244 g/mol. The fraction of sp³-hybridized carbons (Fsp3) is 0.308. The molecule has 2 rings (SSSR count). The van der Waals surface area contributed by atoms with Crippen LogP contribution in [0.4, 0.5) is 5.69 Å². The Labute approximate surface area is 111 Å². The Bertz CT molecular complexity index is 610. The topological polar surface area (TPSA) is 69.0 Å². The predicted molar refractivity (Wildman–Crippen MR) is 72.6 cm³/mol. The van der Waals surface area contributed by atoms with Crippen LogP contribution in [0.1, 0.15) is 12.6 Å². The fourth-order valence-electron chi connectivity index (χ4n) is 1.67. The maximum absolute atomic E-state index is 11.9. The summed E-state index contributed by atoms with van der Waals surface area (Å²) >= 11 is 0. The van der Waals surface area contributed by atoms with E-state index in [4.69, 9.17) is 4.74 Å². The van der Waals surface area contributed by atoms with Crippen molar-refractivity contribution >= 4 is 5.69 Å². The van der Waals surface area contributed by atoms with Crippen molar-refractivity contribution in [2.75, 3.05) is 19.0 Å². The SMILES string of the molecule is CCNc1cnn(Cc2cccc(OC)n2)c(=O)c1. The van der Waals surface area contributed by atoms with Crippen molar-refractivity contribution in [3.05, 3.63) is 46.5 Å². The monoisotopic (exact) mass is 260 g/mol. The van der Waals surface area contributed by atoms with E-state index in [2.05, 4.69) is 15.4 Å². The second-order valence-electron chi connectivity index (χ2n) is 3.94. The fourth-order valence-corrected chi connectivity index (χ4v) is 1.67. The Balaban J connectivity index is 2.21. The van der Waals surface area contributed by atoms with Crippen LogP contribution in [0.5, 0.6) is 5.88 Å². The number of hydrogen-bond acceptors (Lipinski definition) is 5. The Morgan fingerprint density at radius 3 is 2.95 bits per heavy atom. The molecule has 100 valence electrons. The highest BCUT2D eigenvalue weighted by molar-refractivity contribution is 5.38. The van der Waals surface area contributed by atoms with E-state index in [1.807, 2.05) is 19.1 Å². The van der Waals surface area contributed by atoms with Crippen LogP contribution < -0.4 is 15.6 Å². The summed E-state index contributed by atoms with van der Waals surface area (Å²) in [7, 11) is 1.56. The lowest BCUT2D eigenvalue weighted by Gasteiger charge is -2.07. The molecule has 6 heteroatoms. The van der Waals surface area contributed by atoms with E-state index in [0.29, 0.717) is 12.4 Å². The number of rotatable bonds is 5. The van der Waals surface area contributed by atoms with E-state index < -0.39 is 0 Å². The number of methoxy groups -OCH3 is 1. The first kappa shape index (κ1) is 13.1. The van der Waals surface area contributed by atoms with Crippen LogP contribution in [0.2, 0.25) is 0 Å². The van der Waals surface area contributed by atoms with Crippen LogP contribution in [-0.4, -0.2) is 28.4 Å². The smallest absolute Gasteiger partial charge is 0.269 e. The van der Waals surface area contributed by atoms with Crippen molar-refractivity contribution < 1.29 is 4.74 Å². The molecule has 19 heavy (non-hydrogen) atoms. The van der Waals surface area contributed by atoms with E-state index in [1.165, 1.54) is 10.7 Å². The summed E-state index contributed by atoms with van der Waals surface area (Å²) in [4.78, 5) is 16.1. The molecule has 1 N–H and O–H groups in total. The van der Waals surface area contributed by atoms with E-state index in [0.717, 1.165) is 17.9 Å². The van der Waals surface area contributed by atoms with Gasteiger partial charge in [-0.25, -0.2) is 9.67 Å². The Hall–Kier alpha value is -2.37. The van der Waals surface area contributed by atoms with Crippen molar-refractivity contribution in [1.82, 2.24) is 14.8 Å². The van der Waals surface area contributed by atoms with Gasteiger partial charge < -0.3 is 10.1 Å². The molecule has 0 aliphatic heterocycles. The molecule has 0 spiro atoms. The lowest BCUT2D eigenvalue weighted by Crippen LogP contribution is -2.23. The minimum atomic E-state index is -0.164. The number of aromatic nitrogens is 3. The summed E-state index contributed by atoms with van der Waals surface area (Å²) in [5.41, 5.74) is 1.29. The molecule has 0 bridgehead atoms. The van der Waals surface area contributed by atoms with E-state index >= 15 is 0 Å². The van der Waals surface area contributed by atoms with Gasteiger partial charge in [0.2, 0.25) is 5.88 Å². The standard InChI is InChI=1S/C13H16N4O2/c1-3-14-11-7-13(18)17(15-8-11)9-10-5-4-6-12(16-10)19-2/h4-8,14H,3,9H2,1-2H3. The maximum Gasteiger partial charge on any atom is 0.269 e. The molecular formula is C13H16N4O2. The van der Waals surface area contributed by atoms with E-state index in [9.17, 15) is 4.79 Å². The van der Waals surface area contributed by atoms with Gasteiger partial charge >= 0.3 is 0 Å². The van der Waals surface area contributed by atoms with Gasteiger partial charge in [0.05, 0.1) is 31.2 Å². The van der Waals surface area contributed by atoms with Gasteiger partial charge in [-0.1, -0.05) is 6.07 Å². The summed E-state index contributed by atoms with van der Waals surface area (Å²) in [6, 6.07) is 6.94. The first-order valence-electron chi connectivity index (χ1n) is 6.04. The lowest BCUT2D eigenvalue weighted by molar-refractivity contribution is 0.395. The zero-order chi connectivity index (χ0) is 13.7. The van der Waals surface area contributed by atoms with Crippen molar-refractivity contribution in [3.8, 4) is 5.88 Å². The third-order valence-corrected chi connectivity index (χ3v) is 2.55. The van der Waals surface area contributed by atoms with Crippen molar-refractivity contribution in [3.63, 3.8) is 0 Å². The minimum Gasteiger partial charge on any atom is -0.481 e. The highest BCUT2D eigenvalue weighted by Gasteiger charge is 2.03. The Morgan fingerprint density at radius 2 is 2.26 bits per heavy atom. The predicted octanol–water partition coefficient (Wildman–Crippen LogP) is 1.13. The third kappa shape index (κ3) is 3.31. The number of anilines is 1. The second kappa shape index (κ2) is 5.99. The number of hydrogen-bond donors (Lipinski definition) is 1. The van der Waals surface area contributed by atoms with Gasteiger partial charge in [-0.15, -0.1) is 0 Å². The maximum atomic E-state index is 11.9. The summed E-state index contributed by atoms with van der Waals surface area (Å²) < 4.78 is 6.41. The van der Waals surface area contributed by atoms with Crippen molar-refractivity contribution in [2.24, 2.45) is 0 Å². The third-order valence-electron chi connectivity index (χ3n) is 2.55. The molecule has 0 aromatic carbocycles.